The van der Waals surface area contributed by atoms with Gasteiger partial charge in [-0.25, -0.2) is 37.7 Å². The smallest absolute Gasteiger partial charge is 0.335 e. The van der Waals surface area contributed by atoms with Crippen LogP contribution in [0, 0.1) is 11.7 Å². The van der Waals surface area contributed by atoms with E-state index in [-0.39, 0.29) is 46.8 Å². The Hall–Kier alpha value is -5.41. The molecular weight excluding hydrogens is 641 g/mol. The van der Waals surface area contributed by atoms with Gasteiger partial charge in [-0.2, -0.15) is 0 Å². The number of benzene rings is 1. The fourth-order valence-corrected chi connectivity index (χ4v) is 5.62. The summed E-state index contributed by atoms with van der Waals surface area (Å²) in [4.78, 5) is 40.7. The van der Waals surface area contributed by atoms with Crippen molar-refractivity contribution in [3.8, 4) is 34.0 Å². The number of halogens is 3. The monoisotopic (exact) mass is 674 g/mol. The minimum Gasteiger partial charge on any atom is -0.478 e. The van der Waals surface area contributed by atoms with E-state index >= 15 is 4.39 Å². The van der Waals surface area contributed by atoms with E-state index in [1.165, 1.54) is 36.5 Å². The molecule has 0 unspecified atom stereocenters. The maximum absolute atomic E-state index is 15.1. The van der Waals surface area contributed by atoms with Gasteiger partial charge >= 0.3 is 11.9 Å². The van der Waals surface area contributed by atoms with Crippen LogP contribution in [0.2, 0.25) is 0 Å². The average molecular weight is 675 g/mol. The normalized spacial score (nSPS) is 14.1. The number of carboxylic acid groups (broad SMARTS) is 2. The predicted octanol–water partition coefficient (Wildman–Crippen LogP) is 4.83. The molecule has 0 amide bonds. The highest BCUT2D eigenvalue weighted by atomic mass is 19.3. The molecule has 0 atom stereocenters. The van der Waals surface area contributed by atoms with Crippen molar-refractivity contribution in [2.45, 2.75) is 38.4 Å². The summed E-state index contributed by atoms with van der Waals surface area (Å²) in [7, 11) is 0. The SMILES string of the molecule is O=C(O)c1ccnc(-c2cn(CCNCc3ccc(F)c(-c4cc(C(=O)O)cc(-c5cn(CCNCC6CC(F)(F)C6)cn5)n4)c3)cn2)c1. The summed E-state index contributed by atoms with van der Waals surface area (Å²) < 4.78 is 44.8. The average Bonchev–Trinajstić information content (AvgIpc) is 3.75. The van der Waals surface area contributed by atoms with Crippen molar-refractivity contribution in [2.24, 2.45) is 5.92 Å². The molecule has 4 N–H and O–H groups in total. The molecule has 4 heterocycles. The number of carboxylic acids is 2. The summed E-state index contributed by atoms with van der Waals surface area (Å²) in [6.07, 6.45) is 7.92. The van der Waals surface area contributed by atoms with Crippen molar-refractivity contribution in [2.75, 3.05) is 19.6 Å². The highest BCUT2D eigenvalue weighted by molar-refractivity contribution is 5.90. The Labute approximate surface area is 278 Å². The lowest BCUT2D eigenvalue weighted by Gasteiger charge is -2.35. The number of aromatic nitrogens is 6. The standard InChI is InChI=1S/C34H33F3N8O4/c35-26-2-1-21(15-38-5-7-44-17-30(41-19-44)28-10-23(32(46)47)3-4-40-28)9-25(26)27-11-24(33(48)49)12-29(43-27)31-18-45(20-42-31)8-6-39-16-22-13-34(36,37)14-22/h1-4,9-12,17-20,22,38-39H,5-8,13-16H2,(H,46,47)(H,48,49). The lowest BCUT2D eigenvalue weighted by Crippen LogP contribution is -2.41. The molecule has 254 valence electrons. The molecule has 15 heteroatoms. The summed E-state index contributed by atoms with van der Waals surface area (Å²) in [5, 5.41) is 25.5. The van der Waals surface area contributed by atoms with E-state index in [4.69, 9.17) is 0 Å². The van der Waals surface area contributed by atoms with E-state index < -0.39 is 23.7 Å². The minimum absolute atomic E-state index is 0.0306. The molecule has 1 aliphatic rings. The summed E-state index contributed by atoms with van der Waals surface area (Å²) in [5.41, 5.74) is 2.77. The Balaban J connectivity index is 1.08. The van der Waals surface area contributed by atoms with Gasteiger partial charge in [-0.1, -0.05) is 6.07 Å². The number of imidazole rings is 2. The lowest BCUT2D eigenvalue weighted by atomic mass is 9.81. The molecule has 0 radical (unpaired) electrons. The zero-order chi connectivity index (χ0) is 34.5. The molecule has 1 aromatic carbocycles. The zero-order valence-electron chi connectivity index (χ0n) is 26.2. The number of alkyl halides is 2. The van der Waals surface area contributed by atoms with Crippen molar-refractivity contribution in [3.63, 3.8) is 0 Å². The van der Waals surface area contributed by atoms with E-state index in [9.17, 15) is 28.6 Å². The van der Waals surface area contributed by atoms with E-state index in [0.29, 0.717) is 56.4 Å². The molecule has 49 heavy (non-hydrogen) atoms. The Morgan fingerprint density at radius 3 is 2.10 bits per heavy atom. The first-order valence-corrected chi connectivity index (χ1v) is 15.6. The van der Waals surface area contributed by atoms with E-state index in [2.05, 4.69) is 30.6 Å². The van der Waals surface area contributed by atoms with E-state index in [1.54, 1.807) is 41.7 Å². The number of hydrogen-bond donors (Lipinski definition) is 4. The fourth-order valence-electron chi connectivity index (χ4n) is 5.62. The number of pyridine rings is 2. The number of nitrogens with zero attached hydrogens (tertiary/aromatic N) is 6. The molecule has 0 saturated heterocycles. The maximum Gasteiger partial charge on any atom is 0.335 e. The Kier molecular flexibility index (Phi) is 9.82. The van der Waals surface area contributed by atoms with Gasteiger partial charge in [0, 0.05) is 69.7 Å². The van der Waals surface area contributed by atoms with Crippen LogP contribution in [-0.2, 0) is 19.6 Å². The Bertz CT molecular complexity index is 1970. The van der Waals surface area contributed by atoms with Crippen LogP contribution in [0.15, 0.2) is 73.7 Å². The van der Waals surface area contributed by atoms with Crippen LogP contribution in [0.25, 0.3) is 34.0 Å². The van der Waals surface area contributed by atoms with Crippen molar-refractivity contribution in [1.82, 2.24) is 39.7 Å². The molecule has 4 aromatic heterocycles. The lowest BCUT2D eigenvalue weighted by molar-refractivity contribution is -0.109. The van der Waals surface area contributed by atoms with Crippen molar-refractivity contribution in [3.05, 3.63) is 96.2 Å². The highest BCUT2D eigenvalue weighted by Crippen LogP contribution is 2.41. The molecular formula is C34H33F3N8O4. The van der Waals surface area contributed by atoms with Gasteiger partial charge in [-0.05, 0) is 54.4 Å². The van der Waals surface area contributed by atoms with Gasteiger partial charge in [-0.3, -0.25) is 4.98 Å². The second-order valence-corrected chi connectivity index (χ2v) is 12.0. The van der Waals surface area contributed by atoms with Crippen molar-refractivity contribution in [1.29, 1.82) is 0 Å². The topological polar surface area (TPSA) is 160 Å². The minimum atomic E-state index is -2.54. The van der Waals surface area contributed by atoms with Crippen LogP contribution in [0.1, 0.15) is 39.1 Å². The van der Waals surface area contributed by atoms with Crippen molar-refractivity contribution < 1.29 is 33.0 Å². The van der Waals surface area contributed by atoms with Crippen LogP contribution in [-0.4, -0.2) is 76.8 Å². The number of aromatic carboxylic acids is 2. The second-order valence-electron chi connectivity index (χ2n) is 12.0. The predicted molar refractivity (Wildman–Crippen MR) is 172 cm³/mol. The quantitative estimate of drug-likeness (QED) is 0.113. The molecule has 1 aliphatic carbocycles. The van der Waals surface area contributed by atoms with Gasteiger partial charge in [0.15, 0.2) is 0 Å². The first-order chi connectivity index (χ1) is 23.5. The van der Waals surface area contributed by atoms with Gasteiger partial charge in [0.2, 0.25) is 5.92 Å². The third-order valence-electron chi connectivity index (χ3n) is 8.21. The maximum atomic E-state index is 15.1. The Morgan fingerprint density at radius 1 is 0.796 bits per heavy atom. The molecule has 5 aromatic rings. The van der Waals surface area contributed by atoms with Gasteiger partial charge in [0.25, 0.3) is 0 Å². The summed E-state index contributed by atoms with van der Waals surface area (Å²) in [5.74, 6) is -5.37. The third-order valence-corrected chi connectivity index (χ3v) is 8.21. The van der Waals surface area contributed by atoms with Gasteiger partial charge in [0.1, 0.15) is 17.2 Å². The number of hydrogen-bond acceptors (Lipinski definition) is 8. The third kappa shape index (κ3) is 8.36. The molecule has 0 spiro atoms. The Morgan fingerprint density at radius 2 is 1.43 bits per heavy atom. The first kappa shape index (κ1) is 33.5. The molecule has 1 saturated carbocycles. The van der Waals surface area contributed by atoms with Crippen LogP contribution in [0.4, 0.5) is 13.2 Å². The largest absolute Gasteiger partial charge is 0.478 e. The highest BCUT2D eigenvalue weighted by Gasteiger charge is 2.44. The number of nitrogens with one attached hydrogen (secondary N) is 2. The molecule has 0 aliphatic heterocycles. The van der Waals surface area contributed by atoms with Gasteiger partial charge in [-0.15, -0.1) is 0 Å². The van der Waals surface area contributed by atoms with Crippen LogP contribution >= 0.6 is 0 Å². The van der Waals surface area contributed by atoms with Crippen LogP contribution in [0.5, 0.6) is 0 Å². The summed E-state index contributed by atoms with van der Waals surface area (Å²) >= 11 is 0. The van der Waals surface area contributed by atoms with Gasteiger partial charge < -0.3 is 30.0 Å². The van der Waals surface area contributed by atoms with E-state index in [1.807, 2.05) is 4.57 Å². The second kappa shape index (κ2) is 14.4. The van der Waals surface area contributed by atoms with Crippen LogP contribution < -0.4 is 10.6 Å². The van der Waals surface area contributed by atoms with Crippen LogP contribution in [0.3, 0.4) is 0 Å². The van der Waals surface area contributed by atoms with Gasteiger partial charge in [0.05, 0.1) is 40.9 Å². The summed E-state index contributed by atoms with van der Waals surface area (Å²) in [6, 6.07) is 10.2. The number of carbonyl (C=O) groups is 2. The molecule has 1 fully saturated rings. The van der Waals surface area contributed by atoms with Crippen molar-refractivity contribution >= 4 is 11.9 Å². The molecule has 12 nitrogen and oxygen atoms in total. The molecule has 0 bridgehead atoms. The molecule has 6 rings (SSSR count). The van der Waals surface area contributed by atoms with E-state index in [0.717, 1.165) is 5.56 Å². The summed E-state index contributed by atoms with van der Waals surface area (Å²) in [6.45, 7) is 3.06. The first-order valence-electron chi connectivity index (χ1n) is 15.6. The fraction of sp³-hybridized carbons (Fsp3) is 0.294. The number of rotatable bonds is 15. The zero-order valence-corrected chi connectivity index (χ0v) is 26.2.